The quantitative estimate of drug-likeness (QED) is 0.164. The molecule has 0 N–H and O–H groups in total. The number of benzene rings is 8. The first-order valence-electron chi connectivity index (χ1n) is 19.7. The molecule has 2 aliphatic rings. The van der Waals surface area contributed by atoms with Crippen LogP contribution in [0.4, 0.5) is 0 Å². The van der Waals surface area contributed by atoms with Crippen molar-refractivity contribution in [2.45, 2.75) is 12.0 Å². The van der Waals surface area contributed by atoms with Crippen molar-refractivity contribution in [1.29, 1.82) is 0 Å². The minimum absolute atomic E-state index is 0.0816. The van der Waals surface area contributed by atoms with E-state index in [0.717, 1.165) is 60.9 Å². The normalized spacial score (nSPS) is 15.9. The number of hydrogen-bond donors (Lipinski definition) is 0. The number of nitrogens with zero attached hydrogens (tertiary/aromatic N) is 3. The number of ether oxygens (including phenoxy) is 1. The van der Waals surface area contributed by atoms with Crippen molar-refractivity contribution in [3.8, 4) is 39.9 Å². The Morgan fingerprint density at radius 2 is 1.10 bits per heavy atom. The zero-order valence-electron chi connectivity index (χ0n) is 31.2. The third-order valence-corrected chi connectivity index (χ3v) is 11.7. The highest BCUT2D eigenvalue weighted by Gasteiger charge is 2.38. The lowest BCUT2D eigenvalue weighted by Crippen LogP contribution is -2.20. The summed E-state index contributed by atoms with van der Waals surface area (Å²) < 4.78 is 13.1. The Balaban J connectivity index is 1.01. The summed E-state index contributed by atoms with van der Waals surface area (Å²) in [6.07, 6.45) is 4.50. The Morgan fingerprint density at radius 1 is 0.448 bits per heavy atom. The van der Waals surface area contributed by atoms with Crippen LogP contribution in [0.3, 0.4) is 0 Å². The van der Waals surface area contributed by atoms with Gasteiger partial charge in [-0.25, -0.2) is 15.0 Å². The van der Waals surface area contributed by atoms with Gasteiger partial charge >= 0.3 is 0 Å². The van der Waals surface area contributed by atoms with Crippen molar-refractivity contribution < 1.29 is 9.15 Å². The Labute approximate surface area is 334 Å². The van der Waals surface area contributed by atoms with E-state index in [9.17, 15) is 0 Å². The predicted octanol–water partition coefficient (Wildman–Crippen LogP) is 13.1. The highest BCUT2D eigenvalue weighted by atomic mass is 16.5. The number of fused-ring (bicyclic) bond motifs is 9. The molecule has 1 aliphatic heterocycles. The molecule has 0 amide bonds. The van der Waals surface area contributed by atoms with Crippen LogP contribution in [0.2, 0.25) is 0 Å². The SMILES string of the molecule is C1=C(c2ccccc2)C=C(c2ccc(-c3nc(-c4ccc5ccc6ccccc6c5c4)nc(-c4cccc5c4oc4ccccc45)n3)cc2)C2c3ccccc3OC12. The molecule has 0 bridgehead atoms. The zero-order valence-corrected chi connectivity index (χ0v) is 31.2. The molecule has 272 valence electrons. The maximum Gasteiger partial charge on any atom is 0.167 e. The van der Waals surface area contributed by atoms with Crippen LogP contribution in [0.15, 0.2) is 192 Å². The minimum atomic E-state index is -0.0963. The summed E-state index contributed by atoms with van der Waals surface area (Å²) in [5.74, 6) is 2.77. The molecule has 10 aromatic rings. The summed E-state index contributed by atoms with van der Waals surface area (Å²) in [5, 5.41) is 6.80. The molecule has 8 aromatic carbocycles. The highest BCUT2D eigenvalue weighted by molar-refractivity contribution is 6.10. The van der Waals surface area contributed by atoms with Gasteiger partial charge in [-0.3, -0.25) is 0 Å². The topological polar surface area (TPSA) is 61.0 Å². The van der Waals surface area contributed by atoms with Gasteiger partial charge in [-0.05, 0) is 80.2 Å². The van der Waals surface area contributed by atoms with E-state index in [1.807, 2.05) is 36.4 Å². The van der Waals surface area contributed by atoms with Gasteiger partial charge in [-0.2, -0.15) is 0 Å². The predicted molar refractivity (Wildman–Crippen MR) is 234 cm³/mol. The second kappa shape index (κ2) is 13.0. The Kier molecular flexibility index (Phi) is 7.29. The van der Waals surface area contributed by atoms with E-state index in [-0.39, 0.29) is 12.0 Å². The minimum Gasteiger partial charge on any atom is -0.485 e. The van der Waals surface area contributed by atoms with Crippen molar-refractivity contribution in [3.05, 3.63) is 205 Å². The molecular formula is C53H33N3O2. The monoisotopic (exact) mass is 743 g/mol. The van der Waals surface area contributed by atoms with Gasteiger partial charge in [0.05, 0.1) is 11.5 Å². The molecule has 5 nitrogen and oxygen atoms in total. The average Bonchev–Trinajstić information content (AvgIpc) is 3.87. The van der Waals surface area contributed by atoms with Crippen molar-refractivity contribution in [3.63, 3.8) is 0 Å². The van der Waals surface area contributed by atoms with E-state index < -0.39 is 0 Å². The average molecular weight is 744 g/mol. The van der Waals surface area contributed by atoms with Crippen LogP contribution in [-0.2, 0) is 0 Å². The fourth-order valence-corrected chi connectivity index (χ4v) is 8.90. The molecule has 1 aliphatic carbocycles. The van der Waals surface area contributed by atoms with Crippen molar-refractivity contribution >= 4 is 54.6 Å². The second-order valence-corrected chi connectivity index (χ2v) is 15.1. The molecule has 2 atom stereocenters. The van der Waals surface area contributed by atoms with E-state index in [1.54, 1.807) is 0 Å². The van der Waals surface area contributed by atoms with Crippen LogP contribution < -0.4 is 4.74 Å². The van der Waals surface area contributed by atoms with Crippen molar-refractivity contribution in [1.82, 2.24) is 15.0 Å². The molecule has 12 rings (SSSR count). The van der Waals surface area contributed by atoms with E-state index in [2.05, 4.69) is 152 Å². The first-order chi connectivity index (χ1) is 28.7. The van der Waals surface area contributed by atoms with Crippen LogP contribution in [0.5, 0.6) is 5.75 Å². The molecule has 0 spiro atoms. The number of hydrogen-bond acceptors (Lipinski definition) is 5. The van der Waals surface area contributed by atoms with E-state index in [1.165, 1.54) is 32.9 Å². The smallest absolute Gasteiger partial charge is 0.167 e. The van der Waals surface area contributed by atoms with Gasteiger partial charge in [0.15, 0.2) is 17.5 Å². The molecule has 0 saturated heterocycles. The zero-order chi connectivity index (χ0) is 38.2. The molecule has 3 heterocycles. The van der Waals surface area contributed by atoms with Crippen LogP contribution in [0.1, 0.15) is 22.6 Å². The molecule has 58 heavy (non-hydrogen) atoms. The number of allylic oxidation sites excluding steroid dienone is 2. The Bertz CT molecular complexity index is 3330. The lowest BCUT2D eigenvalue weighted by Gasteiger charge is -2.26. The molecule has 5 heteroatoms. The van der Waals surface area contributed by atoms with Gasteiger partial charge < -0.3 is 9.15 Å². The van der Waals surface area contributed by atoms with Gasteiger partial charge in [0.25, 0.3) is 0 Å². The summed E-state index contributed by atoms with van der Waals surface area (Å²) in [4.78, 5) is 15.6. The van der Waals surface area contributed by atoms with E-state index in [0.29, 0.717) is 17.5 Å². The fourth-order valence-electron chi connectivity index (χ4n) is 8.90. The fraction of sp³-hybridized carbons (Fsp3) is 0.0377. The largest absolute Gasteiger partial charge is 0.485 e. The van der Waals surface area contributed by atoms with Gasteiger partial charge in [-0.15, -0.1) is 0 Å². The third kappa shape index (κ3) is 5.28. The van der Waals surface area contributed by atoms with Crippen molar-refractivity contribution in [2.75, 3.05) is 0 Å². The number of rotatable bonds is 5. The third-order valence-electron chi connectivity index (χ3n) is 11.7. The number of furan rings is 1. The Morgan fingerprint density at radius 3 is 1.98 bits per heavy atom. The Hall–Kier alpha value is -7.63. The lowest BCUT2D eigenvalue weighted by atomic mass is 9.78. The summed E-state index contributed by atoms with van der Waals surface area (Å²) in [6, 6.07) is 61.2. The first-order valence-corrected chi connectivity index (χ1v) is 19.7. The molecule has 0 saturated carbocycles. The second-order valence-electron chi connectivity index (χ2n) is 15.1. The summed E-state index contributed by atoms with van der Waals surface area (Å²) in [6.45, 7) is 0. The standard InChI is InChI=1S/C53H33N3O2/c1-2-11-32(12-3-1)38-30-45(49-42-16-7-9-20-47(42)57-48(49)31-38)35-23-26-36(27-24-35)51-54-52(37-28-25-34-22-21-33-13-4-5-14-39(33)44(34)29-37)56-53(55-51)43-18-10-17-41-40-15-6-8-19-46(40)58-50(41)43/h1-31,48-49H. The summed E-state index contributed by atoms with van der Waals surface area (Å²) in [5.41, 5.74) is 10.1. The lowest BCUT2D eigenvalue weighted by molar-refractivity contribution is 0.272. The van der Waals surface area contributed by atoms with Crippen LogP contribution in [0, 0.1) is 0 Å². The summed E-state index contributed by atoms with van der Waals surface area (Å²) >= 11 is 0. The first kappa shape index (κ1) is 32.6. The summed E-state index contributed by atoms with van der Waals surface area (Å²) in [7, 11) is 0. The molecule has 0 fully saturated rings. The maximum atomic E-state index is 6.57. The van der Waals surface area contributed by atoms with Crippen LogP contribution >= 0.6 is 0 Å². The molecule has 2 aromatic heterocycles. The van der Waals surface area contributed by atoms with Gasteiger partial charge in [-0.1, -0.05) is 152 Å². The molecule has 2 unspecified atom stereocenters. The van der Waals surface area contributed by atoms with Crippen molar-refractivity contribution in [2.24, 2.45) is 0 Å². The van der Waals surface area contributed by atoms with Crippen LogP contribution in [0.25, 0.3) is 88.8 Å². The van der Waals surface area contributed by atoms with Crippen LogP contribution in [-0.4, -0.2) is 21.1 Å². The van der Waals surface area contributed by atoms with E-state index >= 15 is 0 Å². The molecular weight excluding hydrogens is 711 g/mol. The molecule has 0 radical (unpaired) electrons. The van der Waals surface area contributed by atoms with Gasteiger partial charge in [0.1, 0.15) is 23.0 Å². The van der Waals surface area contributed by atoms with Gasteiger partial charge in [0, 0.05) is 27.5 Å². The number of para-hydroxylation sites is 3. The maximum absolute atomic E-state index is 6.57. The number of aromatic nitrogens is 3. The highest BCUT2D eigenvalue weighted by Crippen LogP contribution is 2.50. The van der Waals surface area contributed by atoms with Gasteiger partial charge in [0.2, 0.25) is 0 Å². The van der Waals surface area contributed by atoms with E-state index in [4.69, 9.17) is 24.1 Å².